The Balaban J connectivity index is 2.24. The summed E-state index contributed by atoms with van der Waals surface area (Å²) in [7, 11) is 4.13. The van der Waals surface area contributed by atoms with Crippen molar-refractivity contribution >= 4 is 21.7 Å². The molecule has 1 heterocycles. The molecule has 1 aromatic carbocycles. The van der Waals surface area contributed by atoms with Gasteiger partial charge < -0.3 is 10.2 Å². The maximum absolute atomic E-state index is 4.57. The maximum atomic E-state index is 4.57. The molecule has 4 nitrogen and oxygen atoms in total. The van der Waals surface area contributed by atoms with Gasteiger partial charge in [-0.3, -0.25) is 4.68 Å². The van der Waals surface area contributed by atoms with Gasteiger partial charge in [0.15, 0.2) is 0 Å². The van der Waals surface area contributed by atoms with E-state index in [9.17, 15) is 0 Å². The van der Waals surface area contributed by atoms with E-state index in [-0.39, 0.29) is 0 Å². The van der Waals surface area contributed by atoms with Crippen molar-refractivity contribution in [1.82, 2.24) is 15.1 Å². The first kappa shape index (κ1) is 16.0. The number of rotatable bonds is 6. The van der Waals surface area contributed by atoms with E-state index in [0.717, 1.165) is 29.8 Å². The number of aromatic nitrogens is 2. The van der Waals surface area contributed by atoms with Gasteiger partial charge in [0.1, 0.15) is 5.82 Å². The van der Waals surface area contributed by atoms with Crippen molar-refractivity contribution in [2.24, 2.45) is 7.05 Å². The van der Waals surface area contributed by atoms with E-state index in [4.69, 9.17) is 0 Å². The van der Waals surface area contributed by atoms with Gasteiger partial charge in [-0.25, -0.2) is 0 Å². The highest BCUT2D eigenvalue weighted by Crippen LogP contribution is 2.24. The van der Waals surface area contributed by atoms with Gasteiger partial charge >= 0.3 is 0 Å². The van der Waals surface area contributed by atoms with Crippen LogP contribution in [-0.4, -0.2) is 23.4 Å². The van der Waals surface area contributed by atoms with Crippen LogP contribution >= 0.6 is 15.9 Å². The lowest BCUT2D eigenvalue weighted by molar-refractivity contribution is 0.709. The van der Waals surface area contributed by atoms with Crippen molar-refractivity contribution in [3.05, 3.63) is 45.6 Å². The molecule has 2 aromatic rings. The van der Waals surface area contributed by atoms with Gasteiger partial charge in [0.05, 0.1) is 5.69 Å². The summed E-state index contributed by atoms with van der Waals surface area (Å²) in [5.41, 5.74) is 3.64. The summed E-state index contributed by atoms with van der Waals surface area (Å²) in [6.45, 7) is 6.87. The molecule has 1 N–H and O–H groups in total. The molecule has 0 aliphatic heterocycles. The highest BCUT2D eigenvalue weighted by atomic mass is 79.9. The Morgan fingerprint density at radius 2 is 2.14 bits per heavy atom. The van der Waals surface area contributed by atoms with E-state index in [1.807, 2.05) is 17.8 Å². The second-order valence-corrected chi connectivity index (χ2v) is 6.19. The monoisotopic (exact) mass is 350 g/mol. The number of hydrogen-bond acceptors (Lipinski definition) is 3. The molecule has 114 valence electrons. The van der Waals surface area contributed by atoms with Crippen LogP contribution in [0.4, 0.5) is 5.82 Å². The van der Waals surface area contributed by atoms with E-state index in [2.05, 4.69) is 70.3 Å². The summed E-state index contributed by atoms with van der Waals surface area (Å²) >= 11 is 3.53. The molecule has 0 aliphatic rings. The topological polar surface area (TPSA) is 33.1 Å². The van der Waals surface area contributed by atoms with Gasteiger partial charge in [-0.2, -0.15) is 5.10 Å². The number of halogens is 1. The maximum Gasteiger partial charge on any atom is 0.131 e. The average Bonchev–Trinajstić information content (AvgIpc) is 2.70. The molecule has 0 unspecified atom stereocenters. The van der Waals surface area contributed by atoms with Crippen LogP contribution < -0.4 is 10.2 Å². The second kappa shape index (κ2) is 7.09. The lowest BCUT2D eigenvalue weighted by atomic mass is 10.2. The minimum absolute atomic E-state index is 0.855. The molecule has 0 aliphatic carbocycles. The molecule has 5 heteroatoms. The molecule has 0 saturated carbocycles. The molecule has 0 atom stereocenters. The molecular weight excluding hydrogens is 328 g/mol. The fourth-order valence-corrected chi connectivity index (χ4v) is 3.05. The predicted molar refractivity (Wildman–Crippen MR) is 91.6 cm³/mol. The Morgan fingerprint density at radius 1 is 1.38 bits per heavy atom. The highest BCUT2D eigenvalue weighted by molar-refractivity contribution is 9.10. The van der Waals surface area contributed by atoms with Gasteiger partial charge in [-0.1, -0.05) is 35.0 Å². The number of benzene rings is 1. The van der Waals surface area contributed by atoms with Crippen LogP contribution in [0.25, 0.3) is 0 Å². The quantitative estimate of drug-likeness (QED) is 0.867. The smallest absolute Gasteiger partial charge is 0.131 e. The molecule has 0 bridgehead atoms. The van der Waals surface area contributed by atoms with Crippen molar-refractivity contribution in [1.29, 1.82) is 0 Å². The Labute approximate surface area is 135 Å². The van der Waals surface area contributed by atoms with Crippen molar-refractivity contribution < 1.29 is 0 Å². The van der Waals surface area contributed by atoms with Gasteiger partial charge in [-0.15, -0.1) is 0 Å². The molecule has 21 heavy (non-hydrogen) atoms. The van der Waals surface area contributed by atoms with Crippen molar-refractivity contribution in [2.75, 3.05) is 18.5 Å². The summed E-state index contributed by atoms with van der Waals surface area (Å²) in [5, 5.41) is 7.97. The van der Waals surface area contributed by atoms with Crippen LogP contribution in [0.15, 0.2) is 28.7 Å². The van der Waals surface area contributed by atoms with Crippen molar-refractivity contribution in [3.63, 3.8) is 0 Å². The molecule has 0 radical (unpaired) electrons. The first-order valence-electron chi connectivity index (χ1n) is 7.21. The van der Waals surface area contributed by atoms with Gasteiger partial charge in [0.25, 0.3) is 0 Å². The molecule has 0 amide bonds. The highest BCUT2D eigenvalue weighted by Gasteiger charge is 2.16. The van der Waals surface area contributed by atoms with Crippen LogP contribution in [0.1, 0.15) is 23.7 Å². The third-order valence-electron chi connectivity index (χ3n) is 3.54. The summed E-state index contributed by atoms with van der Waals surface area (Å²) < 4.78 is 3.09. The van der Waals surface area contributed by atoms with Gasteiger partial charge in [0, 0.05) is 37.2 Å². The predicted octanol–water partition coefficient (Wildman–Crippen LogP) is 3.24. The molecule has 0 fully saturated rings. The largest absolute Gasteiger partial charge is 0.355 e. The second-order valence-electron chi connectivity index (χ2n) is 5.28. The standard InChI is InChI=1S/C16H23BrN4/c1-5-18-10-15-12(2)19-21(4)16(15)20(3)11-13-7-6-8-14(17)9-13/h6-9,18H,5,10-11H2,1-4H3. The zero-order valence-corrected chi connectivity index (χ0v) is 14.7. The lowest BCUT2D eigenvalue weighted by Crippen LogP contribution is -2.22. The van der Waals surface area contributed by atoms with Crippen molar-refractivity contribution in [3.8, 4) is 0 Å². The number of hydrogen-bond donors (Lipinski definition) is 1. The van der Waals surface area contributed by atoms with E-state index in [1.165, 1.54) is 16.9 Å². The van der Waals surface area contributed by atoms with E-state index in [1.54, 1.807) is 0 Å². The normalized spacial score (nSPS) is 10.9. The minimum atomic E-state index is 0.855. The minimum Gasteiger partial charge on any atom is -0.355 e. The van der Waals surface area contributed by atoms with Crippen LogP contribution in [0, 0.1) is 6.92 Å². The molecule has 0 spiro atoms. The van der Waals surface area contributed by atoms with Gasteiger partial charge in [0.2, 0.25) is 0 Å². The molecule has 2 rings (SSSR count). The van der Waals surface area contributed by atoms with Crippen LogP contribution in [0.5, 0.6) is 0 Å². The summed E-state index contributed by atoms with van der Waals surface area (Å²) in [4.78, 5) is 2.26. The summed E-state index contributed by atoms with van der Waals surface area (Å²) in [6, 6.07) is 8.42. The van der Waals surface area contributed by atoms with E-state index >= 15 is 0 Å². The third kappa shape index (κ3) is 3.86. The molecule has 1 aromatic heterocycles. The first-order chi connectivity index (χ1) is 10.0. The van der Waals surface area contributed by atoms with Crippen molar-refractivity contribution in [2.45, 2.75) is 26.9 Å². The van der Waals surface area contributed by atoms with Crippen LogP contribution in [0.2, 0.25) is 0 Å². The number of anilines is 1. The number of nitrogens with one attached hydrogen (secondary N) is 1. The summed E-state index contributed by atoms with van der Waals surface area (Å²) in [5.74, 6) is 1.17. The fraction of sp³-hybridized carbons (Fsp3) is 0.438. The zero-order chi connectivity index (χ0) is 15.4. The zero-order valence-electron chi connectivity index (χ0n) is 13.2. The molecule has 0 saturated heterocycles. The lowest BCUT2D eigenvalue weighted by Gasteiger charge is -2.21. The van der Waals surface area contributed by atoms with Crippen LogP contribution in [0.3, 0.4) is 0 Å². The van der Waals surface area contributed by atoms with E-state index in [0.29, 0.717) is 0 Å². The van der Waals surface area contributed by atoms with E-state index < -0.39 is 0 Å². The average molecular weight is 351 g/mol. The first-order valence-corrected chi connectivity index (χ1v) is 8.01. The SMILES string of the molecule is CCNCc1c(C)nn(C)c1N(C)Cc1cccc(Br)c1. The Morgan fingerprint density at radius 3 is 2.81 bits per heavy atom. The third-order valence-corrected chi connectivity index (χ3v) is 4.03. The Kier molecular flexibility index (Phi) is 5.42. The number of nitrogens with zero attached hydrogens (tertiary/aromatic N) is 3. The number of aryl methyl sites for hydroxylation is 2. The van der Waals surface area contributed by atoms with Gasteiger partial charge in [-0.05, 0) is 31.2 Å². The molecular formula is C16H23BrN4. The van der Waals surface area contributed by atoms with Crippen LogP contribution in [-0.2, 0) is 20.1 Å². The fourth-order valence-electron chi connectivity index (χ4n) is 2.61. The Hall–Kier alpha value is -1.33. The Bertz CT molecular complexity index is 606. The summed E-state index contributed by atoms with van der Waals surface area (Å²) in [6.07, 6.45) is 0.